The predicted octanol–water partition coefficient (Wildman–Crippen LogP) is 2.09. The van der Waals surface area contributed by atoms with Gasteiger partial charge in [0.2, 0.25) is 0 Å². The summed E-state index contributed by atoms with van der Waals surface area (Å²) in [5, 5.41) is 0.830. The van der Waals surface area contributed by atoms with Crippen molar-refractivity contribution in [3.8, 4) is 0 Å². The second kappa shape index (κ2) is 6.34. The van der Waals surface area contributed by atoms with E-state index >= 15 is 0 Å². The van der Waals surface area contributed by atoms with Crippen LogP contribution < -0.4 is 10.9 Å². The molecule has 0 bridgehead atoms. The standard InChI is InChI=1S/C11H16N3O5P/c1-3-17-20(16,18-4-2)19-14-12-10-8-6-5-7-9(10)11(15)13-14/h5-8,12H,3-4H2,1-2H3,(H,13,15). The Labute approximate surface area is 116 Å². The summed E-state index contributed by atoms with van der Waals surface area (Å²) in [5.41, 5.74) is 6.10. The summed E-state index contributed by atoms with van der Waals surface area (Å²) < 4.78 is 27.2. The van der Waals surface area contributed by atoms with Gasteiger partial charge in [0.05, 0.1) is 24.5 Å². The zero-order valence-corrected chi connectivity index (χ0v) is 12.1. The minimum absolute atomic E-state index is 0.148. The molecule has 2 N–H and O–H groups in total. The van der Waals surface area contributed by atoms with Crippen LogP contribution in [-0.2, 0) is 18.2 Å². The number of amides is 1. The number of nitrogens with one attached hydrogen (secondary N) is 2. The van der Waals surface area contributed by atoms with E-state index in [-0.39, 0.29) is 19.1 Å². The van der Waals surface area contributed by atoms with Crippen molar-refractivity contribution in [1.29, 1.82) is 0 Å². The molecule has 20 heavy (non-hydrogen) atoms. The van der Waals surface area contributed by atoms with Crippen molar-refractivity contribution in [3.63, 3.8) is 0 Å². The SMILES string of the molecule is CCOP(=O)(OCC)ON1NC(=O)c2ccccc2N1. The molecular weight excluding hydrogens is 285 g/mol. The van der Waals surface area contributed by atoms with Crippen molar-refractivity contribution >= 4 is 19.4 Å². The van der Waals surface area contributed by atoms with Crippen molar-refractivity contribution in [3.05, 3.63) is 29.8 Å². The van der Waals surface area contributed by atoms with Crippen molar-refractivity contribution in [2.75, 3.05) is 18.6 Å². The third-order valence-corrected chi connectivity index (χ3v) is 3.87. The molecule has 1 aromatic carbocycles. The third kappa shape index (κ3) is 3.36. The molecule has 110 valence electrons. The minimum Gasteiger partial charge on any atom is -0.286 e. The lowest BCUT2D eigenvalue weighted by Gasteiger charge is -2.30. The van der Waals surface area contributed by atoms with Crippen LogP contribution in [0.5, 0.6) is 0 Å². The van der Waals surface area contributed by atoms with Gasteiger partial charge in [0.15, 0.2) is 0 Å². The molecule has 1 aromatic rings. The van der Waals surface area contributed by atoms with Gasteiger partial charge in [0, 0.05) is 5.28 Å². The molecule has 0 atom stereocenters. The summed E-state index contributed by atoms with van der Waals surface area (Å²) in [6.07, 6.45) is 0. The molecule has 1 amide bonds. The fourth-order valence-electron chi connectivity index (χ4n) is 1.61. The molecule has 0 saturated heterocycles. The molecule has 8 nitrogen and oxygen atoms in total. The molecule has 0 unspecified atom stereocenters. The van der Waals surface area contributed by atoms with Gasteiger partial charge in [0.1, 0.15) is 0 Å². The van der Waals surface area contributed by atoms with E-state index in [2.05, 4.69) is 10.9 Å². The van der Waals surface area contributed by atoms with E-state index in [9.17, 15) is 9.36 Å². The van der Waals surface area contributed by atoms with Gasteiger partial charge < -0.3 is 0 Å². The first-order valence-corrected chi connectivity index (χ1v) is 7.59. The normalized spacial score (nSPS) is 15.4. The van der Waals surface area contributed by atoms with Crippen LogP contribution in [0.25, 0.3) is 0 Å². The lowest BCUT2D eigenvalue weighted by Crippen LogP contribution is -2.49. The van der Waals surface area contributed by atoms with Gasteiger partial charge in [-0.2, -0.15) is 4.62 Å². The largest absolute Gasteiger partial charge is 0.494 e. The Morgan fingerprint density at radius 1 is 1.15 bits per heavy atom. The Hall–Kier alpha value is -1.44. The zero-order valence-electron chi connectivity index (χ0n) is 11.2. The van der Waals surface area contributed by atoms with Crippen LogP contribution in [0.1, 0.15) is 24.2 Å². The van der Waals surface area contributed by atoms with E-state index in [4.69, 9.17) is 13.7 Å². The highest BCUT2D eigenvalue weighted by atomic mass is 31.2. The number of hydrogen-bond donors (Lipinski definition) is 2. The van der Waals surface area contributed by atoms with Crippen LogP contribution in [0.4, 0.5) is 5.69 Å². The minimum atomic E-state index is -3.78. The summed E-state index contributed by atoms with van der Waals surface area (Å²) >= 11 is 0. The molecule has 1 aliphatic heterocycles. The lowest BCUT2D eigenvalue weighted by molar-refractivity contribution is -0.103. The van der Waals surface area contributed by atoms with Gasteiger partial charge in [-0.25, -0.2) is 9.99 Å². The molecule has 2 rings (SSSR count). The number of phosphoric ester groups is 1. The second-order valence-corrected chi connectivity index (χ2v) is 5.33. The van der Waals surface area contributed by atoms with Gasteiger partial charge >= 0.3 is 7.82 Å². The number of hydrogen-bond acceptors (Lipinski definition) is 7. The summed E-state index contributed by atoms with van der Waals surface area (Å²) in [6.45, 7) is 3.62. The van der Waals surface area contributed by atoms with E-state index in [0.29, 0.717) is 11.3 Å². The third-order valence-electron chi connectivity index (χ3n) is 2.35. The number of carbonyl (C=O) groups excluding carboxylic acids is 1. The second-order valence-electron chi connectivity index (χ2n) is 3.76. The number of rotatable bonds is 6. The highest BCUT2D eigenvalue weighted by Crippen LogP contribution is 2.49. The first-order chi connectivity index (χ1) is 9.58. The smallest absolute Gasteiger partial charge is 0.286 e. The van der Waals surface area contributed by atoms with E-state index in [1.165, 1.54) is 0 Å². The molecule has 0 fully saturated rings. The number of nitrogens with zero attached hydrogens (tertiary/aromatic N) is 1. The van der Waals surface area contributed by atoms with Crippen molar-refractivity contribution < 1.29 is 23.0 Å². The summed E-state index contributed by atoms with van der Waals surface area (Å²) in [4.78, 5) is 11.9. The van der Waals surface area contributed by atoms with Crippen molar-refractivity contribution in [1.82, 2.24) is 10.7 Å². The van der Waals surface area contributed by atoms with Crippen molar-refractivity contribution in [2.24, 2.45) is 0 Å². The maximum absolute atomic E-state index is 12.2. The first kappa shape index (κ1) is 15.0. The molecule has 0 saturated carbocycles. The molecule has 9 heteroatoms. The Kier molecular flexibility index (Phi) is 4.74. The number of benzene rings is 1. The zero-order chi connectivity index (χ0) is 14.6. The van der Waals surface area contributed by atoms with Crippen molar-refractivity contribution in [2.45, 2.75) is 13.8 Å². The fraction of sp³-hybridized carbons (Fsp3) is 0.364. The number of fused-ring (bicyclic) bond motifs is 1. The van der Waals surface area contributed by atoms with Crippen LogP contribution in [0.2, 0.25) is 0 Å². The molecule has 0 radical (unpaired) electrons. The number of hydrazine groups is 2. The lowest BCUT2D eigenvalue weighted by atomic mass is 10.1. The molecule has 0 spiro atoms. The Morgan fingerprint density at radius 3 is 2.45 bits per heavy atom. The average molecular weight is 301 g/mol. The van der Waals surface area contributed by atoms with Crippen LogP contribution >= 0.6 is 7.82 Å². The average Bonchev–Trinajstić information content (AvgIpc) is 2.39. The van der Waals surface area contributed by atoms with E-state index in [1.54, 1.807) is 38.1 Å². The number of carbonyl (C=O) groups is 1. The number of phosphoric acid groups is 1. The van der Waals surface area contributed by atoms with E-state index < -0.39 is 7.82 Å². The van der Waals surface area contributed by atoms with Crippen LogP contribution in [0.3, 0.4) is 0 Å². The maximum atomic E-state index is 12.2. The fourth-order valence-corrected chi connectivity index (χ4v) is 2.69. The summed E-state index contributed by atoms with van der Waals surface area (Å²) in [7, 11) is -3.78. The van der Waals surface area contributed by atoms with Gasteiger partial charge in [-0.15, -0.1) is 0 Å². The molecule has 1 aliphatic rings. The van der Waals surface area contributed by atoms with E-state index in [1.807, 2.05) is 0 Å². The molecule has 0 aliphatic carbocycles. The molecular formula is C11H16N3O5P. The summed E-state index contributed by atoms with van der Waals surface area (Å²) in [6, 6.07) is 6.84. The molecule has 0 aromatic heterocycles. The monoisotopic (exact) mass is 301 g/mol. The summed E-state index contributed by atoms with van der Waals surface area (Å²) in [5.74, 6) is -0.390. The van der Waals surface area contributed by atoms with Gasteiger partial charge in [-0.1, -0.05) is 12.1 Å². The first-order valence-electron chi connectivity index (χ1n) is 6.13. The number of para-hydroxylation sites is 1. The van der Waals surface area contributed by atoms with Crippen LogP contribution in [0.15, 0.2) is 24.3 Å². The van der Waals surface area contributed by atoms with Gasteiger partial charge in [-0.05, 0) is 26.0 Å². The maximum Gasteiger partial charge on any atom is 0.494 e. The van der Waals surface area contributed by atoms with Crippen LogP contribution in [0, 0.1) is 0 Å². The Balaban J connectivity index is 2.12. The van der Waals surface area contributed by atoms with Gasteiger partial charge in [0.25, 0.3) is 5.91 Å². The Morgan fingerprint density at radius 2 is 1.80 bits per heavy atom. The highest BCUT2D eigenvalue weighted by Gasteiger charge is 2.33. The topological polar surface area (TPSA) is 89.1 Å². The predicted molar refractivity (Wildman–Crippen MR) is 71.3 cm³/mol. The quantitative estimate of drug-likeness (QED) is 0.777. The highest BCUT2D eigenvalue weighted by molar-refractivity contribution is 7.48. The molecule has 1 heterocycles. The Bertz CT molecular complexity index is 529. The van der Waals surface area contributed by atoms with Crippen LogP contribution in [-0.4, -0.2) is 24.4 Å². The number of anilines is 1. The van der Waals surface area contributed by atoms with E-state index in [0.717, 1.165) is 5.28 Å². The van der Waals surface area contributed by atoms with Gasteiger partial charge in [-0.3, -0.25) is 19.3 Å².